The molecular formula is C21H29N3O4. The first-order valence-electron chi connectivity index (χ1n) is 9.92. The van der Waals surface area contributed by atoms with E-state index < -0.39 is 11.6 Å². The van der Waals surface area contributed by atoms with Crippen LogP contribution in [0, 0.1) is 6.92 Å². The van der Waals surface area contributed by atoms with E-state index in [2.05, 4.69) is 5.32 Å². The highest BCUT2D eigenvalue weighted by atomic mass is 16.5. The number of benzene rings is 1. The van der Waals surface area contributed by atoms with Gasteiger partial charge in [0.25, 0.3) is 5.91 Å². The quantitative estimate of drug-likeness (QED) is 0.788. The molecule has 152 valence electrons. The summed E-state index contributed by atoms with van der Waals surface area (Å²) < 4.78 is 5.30. The van der Waals surface area contributed by atoms with E-state index in [1.807, 2.05) is 26.8 Å². The molecule has 7 nitrogen and oxygen atoms in total. The number of carbonyl (C=O) groups excluding carboxylic acids is 3. The lowest BCUT2D eigenvalue weighted by atomic mass is 9.86. The molecule has 1 aromatic rings. The van der Waals surface area contributed by atoms with Gasteiger partial charge >= 0.3 is 6.03 Å². The van der Waals surface area contributed by atoms with E-state index >= 15 is 0 Å². The van der Waals surface area contributed by atoms with Crippen LogP contribution in [-0.2, 0) is 15.1 Å². The summed E-state index contributed by atoms with van der Waals surface area (Å²) in [4.78, 5) is 41.5. The summed E-state index contributed by atoms with van der Waals surface area (Å²) in [6.07, 6.45) is 3.41. The average Bonchev–Trinajstić information content (AvgIpc) is 2.93. The zero-order chi connectivity index (χ0) is 20.5. The number of nitrogens with zero attached hydrogens (tertiary/aromatic N) is 2. The van der Waals surface area contributed by atoms with Gasteiger partial charge in [0.15, 0.2) is 0 Å². The van der Waals surface area contributed by atoms with Gasteiger partial charge in [0.1, 0.15) is 17.8 Å². The Kier molecular flexibility index (Phi) is 5.63. The molecule has 0 radical (unpaired) electrons. The largest absolute Gasteiger partial charge is 0.496 e. The summed E-state index contributed by atoms with van der Waals surface area (Å²) in [7, 11) is 1.59. The highest BCUT2D eigenvalue weighted by Gasteiger charge is 2.52. The molecule has 0 saturated carbocycles. The number of imide groups is 1. The first kappa shape index (κ1) is 20.2. The van der Waals surface area contributed by atoms with Gasteiger partial charge in [0.2, 0.25) is 5.91 Å². The predicted molar refractivity (Wildman–Crippen MR) is 105 cm³/mol. The van der Waals surface area contributed by atoms with Crippen molar-refractivity contribution < 1.29 is 19.1 Å². The van der Waals surface area contributed by atoms with Gasteiger partial charge in [0, 0.05) is 12.6 Å². The van der Waals surface area contributed by atoms with E-state index in [1.54, 1.807) is 24.1 Å². The number of nitrogens with one attached hydrogen (secondary N) is 1. The van der Waals surface area contributed by atoms with Gasteiger partial charge < -0.3 is 15.0 Å². The van der Waals surface area contributed by atoms with Gasteiger partial charge in [-0.15, -0.1) is 0 Å². The topological polar surface area (TPSA) is 79.0 Å². The smallest absolute Gasteiger partial charge is 0.325 e. The maximum absolute atomic E-state index is 13.3. The fourth-order valence-electron chi connectivity index (χ4n) is 4.25. The van der Waals surface area contributed by atoms with Gasteiger partial charge in [0.05, 0.1) is 7.11 Å². The van der Waals surface area contributed by atoms with E-state index in [0.717, 1.165) is 35.5 Å². The van der Waals surface area contributed by atoms with Crippen molar-refractivity contribution in [2.75, 3.05) is 20.2 Å². The molecule has 2 atom stereocenters. The number of piperidine rings is 1. The molecular weight excluding hydrogens is 358 g/mol. The average molecular weight is 387 g/mol. The van der Waals surface area contributed by atoms with Crippen LogP contribution in [0.25, 0.3) is 0 Å². The van der Waals surface area contributed by atoms with Gasteiger partial charge in [-0.3, -0.25) is 14.5 Å². The number of rotatable bonds is 5. The summed E-state index contributed by atoms with van der Waals surface area (Å²) in [5, 5.41) is 2.84. The van der Waals surface area contributed by atoms with Crippen molar-refractivity contribution >= 4 is 17.8 Å². The molecule has 0 aromatic heterocycles. The second-order valence-corrected chi connectivity index (χ2v) is 7.70. The molecule has 2 aliphatic heterocycles. The highest BCUT2D eigenvalue weighted by molar-refractivity contribution is 6.09. The van der Waals surface area contributed by atoms with Crippen LogP contribution in [0.5, 0.6) is 5.75 Å². The van der Waals surface area contributed by atoms with Crippen LogP contribution in [-0.4, -0.2) is 53.9 Å². The number of methoxy groups -OCH3 is 1. The van der Waals surface area contributed by atoms with Gasteiger partial charge in [-0.05, 0) is 62.8 Å². The second kappa shape index (κ2) is 7.81. The number of ether oxygens (including phenoxy) is 1. The number of aryl methyl sites for hydroxylation is 1. The van der Waals surface area contributed by atoms with Crippen LogP contribution in [0.1, 0.15) is 50.7 Å². The van der Waals surface area contributed by atoms with Crippen molar-refractivity contribution in [1.29, 1.82) is 0 Å². The lowest BCUT2D eigenvalue weighted by Gasteiger charge is -2.34. The normalized spacial score (nSPS) is 25.1. The first-order chi connectivity index (χ1) is 13.3. The SMILES string of the molecule is CCC1(c2ccc(OC)c(C)c2)NC(=O)N(CC(=O)N2CCCCC2C)C1=O. The Balaban J connectivity index is 1.84. The number of carbonyl (C=O) groups is 3. The van der Waals surface area contributed by atoms with E-state index in [1.165, 1.54) is 0 Å². The number of urea groups is 1. The number of hydrogen-bond acceptors (Lipinski definition) is 4. The number of amides is 4. The summed E-state index contributed by atoms with van der Waals surface area (Å²) in [6.45, 7) is 6.23. The Morgan fingerprint density at radius 1 is 1.32 bits per heavy atom. The molecule has 3 rings (SSSR count). The molecule has 7 heteroatoms. The van der Waals surface area contributed by atoms with Gasteiger partial charge in [-0.25, -0.2) is 4.79 Å². The minimum atomic E-state index is -1.15. The van der Waals surface area contributed by atoms with E-state index in [9.17, 15) is 14.4 Å². The zero-order valence-electron chi connectivity index (χ0n) is 17.1. The van der Waals surface area contributed by atoms with Crippen LogP contribution in [0.15, 0.2) is 18.2 Å². The standard InChI is InChI=1S/C21H29N3O4/c1-5-21(16-9-10-17(28-4)14(2)12-16)19(26)24(20(27)22-21)13-18(25)23-11-7-6-8-15(23)3/h9-10,12,15H,5-8,11,13H2,1-4H3,(H,22,27). The number of likely N-dealkylation sites (tertiary alicyclic amines) is 1. The molecule has 0 bridgehead atoms. The van der Waals surface area contributed by atoms with Gasteiger partial charge in [-0.1, -0.05) is 13.0 Å². The lowest BCUT2D eigenvalue weighted by molar-refractivity contribution is -0.141. The first-order valence-corrected chi connectivity index (χ1v) is 9.92. The van der Waals surface area contributed by atoms with Crippen LogP contribution < -0.4 is 10.1 Å². The van der Waals surface area contributed by atoms with Crippen molar-refractivity contribution in [3.63, 3.8) is 0 Å². The minimum Gasteiger partial charge on any atom is -0.496 e. The molecule has 2 aliphatic rings. The molecule has 2 heterocycles. The van der Waals surface area contributed by atoms with Crippen LogP contribution >= 0.6 is 0 Å². The van der Waals surface area contributed by atoms with Gasteiger partial charge in [-0.2, -0.15) is 0 Å². The Bertz CT molecular complexity index is 794. The molecule has 1 N–H and O–H groups in total. The molecule has 2 fully saturated rings. The Morgan fingerprint density at radius 2 is 2.07 bits per heavy atom. The van der Waals surface area contributed by atoms with Crippen molar-refractivity contribution in [2.45, 2.75) is 58.0 Å². The molecule has 1 aromatic carbocycles. The third-order valence-corrected chi connectivity index (χ3v) is 6.01. The minimum absolute atomic E-state index is 0.141. The lowest BCUT2D eigenvalue weighted by Crippen LogP contribution is -2.49. The zero-order valence-corrected chi connectivity index (χ0v) is 17.1. The van der Waals surface area contributed by atoms with Crippen molar-refractivity contribution in [3.8, 4) is 5.75 Å². The number of hydrogen-bond donors (Lipinski definition) is 1. The van der Waals surface area contributed by atoms with E-state index in [0.29, 0.717) is 18.5 Å². The molecule has 0 spiro atoms. The second-order valence-electron chi connectivity index (χ2n) is 7.70. The Hall–Kier alpha value is -2.57. The van der Waals surface area contributed by atoms with Crippen LogP contribution in [0.4, 0.5) is 4.79 Å². The molecule has 2 saturated heterocycles. The Morgan fingerprint density at radius 3 is 2.68 bits per heavy atom. The highest BCUT2D eigenvalue weighted by Crippen LogP contribution is 2.34. The maximum Gasteiger partial charge on any atom is 0.325 e. The van der Waals surface area contributed by atoms with E-state index in [4.69, 9.17) is 4.74 Å². The molecule has 0 aliphatic carbocycles. The summed E-state index contributed by atoms with van der Waals surface area (Å²) in [5.41, 5.74) is 0.432. The third kappa shape index (κ3) is 3.34. The van der Waals surface area contributed by atoms with Crippen molar-refractivity contribution in [1.82, 2.24) is 15.1 Å². The van der Waals surface area contributed by atoms with Crippen molar-refractivity contribution in [2.24, 2.45) is 0 Å². The molecule has 4 amide bonds. The summed E-state index contributed by atoms with van der Waals surface area (Å²) in [5.74, 6) is 0.175. The molecule has 2 unspecified atom stereocenters. The maximum atomic E-state index is 13.3. The van der Waals surface area contributed by atoms with Crippen LogP contribution in [0.3, 0.4) is 0 Å². The van der Waals surface area contributed by atoms with Crippen molar-refractivity contribution in [3.05, 3.63) is 29.3 Å². The fraction of sp³-hybridized carbons (Fsp3) is 0.571. The van der Waals surface area contributed by atoms with E-state index in [-0.39, 0.29) is 24.4 Å². The third-order valence-electron chi connectivity index (χ3n) is 6.01. The fourth-order valence-corrected chi connectivity index (χ4v) is 4.25. The summed E-state index contributed by atoms with van der Waals surface area (Å²) in [6, 6.07) is 5.08. The summed E-state index contributed by atoms with van der Waals surface area (Å²) >= 11 is 0. The predicted octanol–water partition coefficient (Wildman–Crippen LogP) is 2.56. The Labute approximate surface area is 166 Å². The monoisotopic (exact) mass is 387 g/mol. The molecule has 28 heavy (non-hydrogen) atoms. The van der Waals surface area contributed by atoms with Crippen LogP contribution in [0.2, 0.25) is 0 Å².